The van der Waals surface area contributed by atoms with E-state index in [1.54, 1.807) is 12.1 Å². The quantitative estimate of drug-likeness (QED) is 0.576. The molecule has 0 radical (unpaired) electrons. The Morgan fingerprint density at radius 3 is 2.40 bits per heavy atom. The minimum atomic E-state index is -4.37. The molecule has 0 amide bonds. The van der Waals surface area contributed by atoms with Crippen LogP contribution in [-0.2, 0) is 10.2 Å². The third-order valence-electron chi connectivity index (χ3n) is 1.82. The molecule has 0 fully saturated rings. The molecule has 0 spiro atoms. The fourth-order valence-electron chi connectivity index (χ4n) is 1.06. The molecule has 0 aromatic heterocycles. The molecule has 3 nitrogen and oxygen atoms in total. The fourth-order valence-corrected chi connectivity index (χ4v) is 1.52. The van der Waals surface area contributed by atoms with Crippen LogP contribution in [0.4, 0.5) is 3.89 Å². The Morgan fingerprint density at radius 1 is 1.27 bits per heavy atom. The van der Waals surface area contributed by atoms with Gasteiger partial charge in [-0.15, -0.1) is 3.89 Å². The van der Waals surface area contributed by atoms with Gasteiger partial charge in [-0.2, -0.15) is 8.42 Å². The highest BCUT2D eigenvalue weighted by molar-refractivity contribution is 7.86. The molecule has 0 aliphatic heterocycles. The van der Waals surface area contributed by atoms with Crippen molar-refractivity contribution in [3.63, 3.8) is 0 Å². The molecule has 0 N–H and O–H groups in total. The molecule has 1 rings (SSSR count). The van der Waals surface area contributed by atoms with Crippen LogP contribution in [0.5, 0.6) is 5.75 Å². The van der Waals surface area contributed by atoms with Crippen molar-refractivity contribution in [3.05, 3.63) is 29.8 Å². The van der Waals surface area contributed by atoms with Crippen LogP contribution in [0.15, 0.2) is 24.3 Å². The third-order valence-corrected chi connectivity index (χ3v) is 2.60. The number of ether oxygens (including phenoxy) is 1. The average Bonchev–Trinajstić information content (AvgIpc) is 2.14. The third kappa shape index (κ3) is 5.37. The van der Waals surface area contributed by atoms with Gasteiger partial charge in [-0.25, -0.2) is 0 Å². The van der Waals surface area contributed by atoms with Gasteiger partial charge >= 0.3 is 10.2 Å². The number of halogens is 1. The van der Waals surface area contributed by atoms with Crippen molar-refractivity contribution >= 4 is 10.2 Å². The molecule has 5 heteroatoms. The number of hydrogen-bond donors (Lipinski definition) is 0. The van der Waals surface area contributed by atoms with E-state index in [2.05, 4.69) is 0 Å². The normalized spacial score (nSPS) is 11.3. The summed E-state index contributed by atoms with van der Waals surface area (Å²) in [6.07, 6.45) is 0.159. The van der Waals surface area contributed by atoms with Gasteiger partial charge in [-0.05, 0) is 25.5 Å². The lowest BCUT2D eigenvalue weighted by molar-refractivity contribution is 0.317. The van der Waals surface area contributed by atoms with E-state index in [0.717, 1.165) is 5.56 Å². The van der Waals surface area contributed by atoms with E-state index < -0.39 is 16.0 Å². The zero-order chi connectivity index (χ0) is 11.3. The van der Waals surface area contributed by atoms with Crippen LogP contribution < -0.4 is 4.74 Å². The first kappa shape index (κ1) is 12.0. The average molecular weight is 232 g/mol. The Morgan fingerprint density at radius 2 is 1.87 bits per heavy atom. The lowest BCUT2D eigenvalue weighted by atomic mass is 10.2. The van der Waals surface area contributed by atoms with Crippen LogP contribution in [0, 0.1) is 6.92 Å². The standard InChI is InChI=1S/C10H13FO3S/c1-9-3-5-10(6-4-9)14-7-2-8-15(11,12)13/h3-6H,2,7-8H2,1H3. The SMILES string of the molecule is Cc1ccc(OCCCS(=O)(=O)F)cc1. The molecule has 0 unspecified atom stereocenters. The molecular formula is C10H13FO3S. The fraction of sp³-hybridized carbons (Fsp3) is 0.400. The van der Waals surface area contributed by atoms with Crippen LogP contribution in [0.25, 0.3) is 0 Å². The zero-order valence-corrected chi connectivity index (χ0v) is 9.26. The summed E-state index contributed by atoms with van der Waals surface area (Å²) in [5, 5.41) is 0. The second-order valence-electron chi connectivity index (χ2n) is 3.26. The van der Waals surface area contributed by atoms with Gasteiger partial charge < -0.3 is 4.74 Å². The monoisotopic (exact) mass is 232 g/mol. The highest BCUT2D eigenvalue weighted by Gasteiger charge is 2.05. The van der Waals surface area contributed by atoms with Gasteiger partial charge in [-0.1, -0.05) is 17.7 Å². The van der Waals surface area contributed by atoms with Crippen molar-refractivity contribution in [1.82, 2.24) is 0 Å². The summed E-state index contributed by atoms with van der Waals surface area (Å²) in [5.74, 6) is 0.177. The van der Waals surface area contributed by atoms with Crippen molar-refractivity contribution in [2.45, 2.75) is 13.3 Å². The Labute approximate surface area is 89.1 Å². The summed E-state index contributed by atoms with van der Waals surface area (Å²) < 4.78 is 37.6. The molecule has 0 saturated heterocycles. The zero-order valence-electron chi connectivity index (χ0n) is 8.44. The second kappa shape index (κ2) is 5.11. The molecule has 1 aromatic rings. The van der Waals surface area contributed by atoms with E-state index in [0.29, 0.717) is 5.75 Å². The molecule has 0 heterocycles. The van der Waals surface area contributed by atoms with Crippen LogP contribution in [-0.4, -0.2) is 20.8 Å². The van der Waals surface area contributed by atoms with Crippen molar-refractivity contribution in [1.29, 1.82) is 0 Å². The van der Waals surface area contributed by atoms with E-state index in [4.69, 9.17) is 4.74 Å². The summed E-state index contributed by atoms with van der Waals surface area (Å²) in [6.45, 7) is 2.16. The largest absolute Gasteiger partial charge is 0.494 e. The maximum atomic E-state index is 12.1. The number of benzene rings is 1. The maximum absolute atomic E-state index is 12.1. The van der Waals surface area contributed by atoms with E-state index in [-0.39, 0.29) is 13.0 Å². The first-order valence-electron chi connectivity index (χ1n) is 4.59. The minimum Gasteiger partial charge on any atom is -0.494 e. The van der Waals surface area contributed by atoms with Crippen molar-refractivity contribution in [2.75, 3.05) is 12.4 Å². The molecule has 84 valence electrons. The molecule has 0 aliphatic carbocycles. The molecule has 1 aromatic carbocycles. The predicted octanol–water partition coefficient (Wildman–Crippen LogP) is 2.06. The number of rotatable bonds is 5. The molecular weight excluding hydrogens is 219 g/mol. The Kier molecular flexibility index (Phi) is 4.08. The van der Waals surface area contributed by atoms with Gasteiger partial charge in [0, 0.05) is 0 Å². The van der Waals surface area contributed by atoms with Gasteiger partial charge in [0.15, 0.2) is 0 Å². The molecule has 0 atom stereocenters. The van der Waals surface area contributed by atoms with Gasteiger partial charge in [-0.3, -0.25) is 0 Å². The Hall–Kier alpha value is -1.10. The lowest BCUT2D eigenvalue weighted by Crippen LogP contribution is -2.05. The molecule has 0 saturated carbocycles. The van der Waals surface area contributed by atoms with Crippen LogP contribution in [0.2, 0.25) is 0 Å². The second-order valence-corrected chi connectivity index (χ2v) is 4.74. The van der Waals surface area contributed by atoms with E-state index in [9.17, 15) is 12.3 Å². The highest BCUT2D eigenvalue weighted by Crippen LogP contribution is 2.11. The first-order chi connectivity index (χ1) is 6.97. The van der Waals surface area contributed by atoms with Gasteiger partial charge in [0.05, 0.1) is 12.4 Å². The van der Waals surface area contributed by atoms with Crippen LogP contribution in [0.1, 0.15) is 12.0 Å². The first-order valence-corrected chi connectivity index (χ1v) is 6.14. The van der Waals surface area contributed by atoms with Gasteiger partial charge in [0.1, 0.15) is 5.75 Å². The number of aryl methyl sites for hydroxylation is 1. The van der Waals surface area contributed by atoms with E-state index in [1.165, 1.54) is 0 Å². The maximum Gasteiger partial charge on any atom is 0.302 e. The summed E-state index contributed by atoms with van der Waals surface area (Å²) in [7, 11) is -4.37. The molecule has 0 bridgehead atoms. The van der Waals surface area contributed by atoms with Crippen LogP contribution in [0.3, 0.4) is 0 Å². The van der Waals surface area contributed by atoms with E-state index >= 15 is 0 Å². The summed E-state index contributed by atoms with van der Waals surface area (Å²) in [5.41, 5.74) is 1.12. The number of hydrogen-bond acceptors (Lipinski definition) is 3. The van der Waals surface area contributed by atoms with Crippen LogP contribution >= 0.6 is 0 Å². The molecule has 0 aliphatic rings. The summed E-state index contributed by atoms with van der Waals surface area (Å²) >= 11 is 0. The highest BCUT2D eigenvalue weighted by atomic mass is 32.3. The lowest BCUT2D eigenvalue weighted by Gasteiger charge is -2.04. The Bertz CT molecular complexity index is 397. The van der Waals surface area contributed by atoms with Crippen molar-refractivity contribution in [2.24, 2.45) is 0 Å². The predicted molar refractivity (Wildman–Crippen MR) is 56.2 cm³/mol. The summed E-state index contributed by atoms with van der Waals surface area (Å²) in [6, 6.07) is 7.36. The Balaban J connectivity index is 2.29. The topological polar surface area (TPSA) is 43.4 Å². The smallest absolute Gasteiger partial charge is 0.302 e. The van der Waals surface area contributed by atoms with Gasteiger partial charge in [0.2, 0.25) is 0 Å². The summed E-state index contributed by atoms with van der Waals surface area (Å²) in [4.78, 5) is 0. The van der Waals surface area contributed by atoms with Crippen molar-refractivity contribution in [3.8, 4) is 5.75 Å². The van der Waals surface area contributed by atoms with Gasteiger partial charge in [0.25, 0.3) is 0 Å². The van der Waals surface area contributed by atoms with E-state index in [1.807, 2.05) is 19.1 Å². The van der Waals surface area contributed by atoms with Crippen molar-refractivity contribution < 1.29 is 17.0 Å². The minimum absolute atomic E-state index is 0.159. The molecule has 15 heavy (non-hydrogen) atoms.